The summed E-state index contributed by atoms with van der Waals surface area (Å²) < 4.78 is 32.5. The van der Waals surface area contributed by atoms with Crippen LogP contribution in [0.1, 0.15) is 207 Å². The number of carbonyl (C=O) groups is 2. The van der Waals surface area contributed by atoms with E-state index in [1.54, 1.807) is 6.92 Å². The van der Waals surface area contributed by atoms with Gasteiger partial charge in [-0.1, -0.05) is 174 Å². The molecule has 2 unspecified atom stereocenters. The Hall–Kier alpha value is -0.950. The maximum atomic E-state index is 12.5. The molecular weight excluding hydrogens is 615 g/mol. The summed E-state index contributed by atoms with van der Waals surface area (Å²) in [6.45, 7) is 5.49. The van der Waals surface area contributed by atoms with Crippen LogP contribution in [0.2, 0.25) is 0 Å². The van der Waals surface area contributed by atoms with Gasteiger partial charge in [-0.3, -0.25) is 18.6 Å². The second kappa shape index (κ2) is 34.9. The second-order valence-corrected chi connectivity index (χ2v) is 14.8. The van der Waals surface area contributed by atoms with E-state index in [4.69, 9.17) is 18.5 Å². The van der Waals surface area contributed by atoms with Gasteiger partial charge in [-0.15, -0.1) is 0 Å². The molecule has 0 aliphatic carbocycles. The predicted octanol–water partition coefficient (Wildman–Crippen LogP) is 11.9. The minimum atomic E-state index is -4.26. The summed E-state index contributed by atoms with van der Waals surface area (Å²) >= 11 is 0. The van der Waals surface area contributed by atoms with Gasteiger partial charge in [0.15, 0.2) is 6.10 Å². The van der Waals surface area contributed by atoms with E-state index in [2.05, 4.69) is 13.8 Å². The normalized spacial score (nSPS) is 13.4. The highest BCUT2D eigenvalue weighted by molar-refractivity contribution is 7.47. The van der Waals surface area contributed by atoms with Gasteiger partial charge >= 0.3 is 19.8 Å². The van der Waals surface area contributed by atoms with Gasteiger partial charge in [0.25, 0.3) is 0 Å². The van der Waals surface area contributed by atoms with E-state index in [0.29, 0.717) is 6.42 Å². The molecule has 0 bridgehead atoms. The smallest absolute Gasteiger partial charge is 0.462 e. The van der Waals surface area contributed by atoms with Gasteiger partial charge in [-0.2, -0.15) is 0 Å². The van der Waals surface area contributed by atoms with Crippen molar-refractivity contribution in [3.05, 3.63) is 0 Å². The molecule has 280 valence electrons. The quantitative estimate of drug-likeness (QED) is 0.0390. The lowest BCUT2D eigenvalue weighted by molar-refractivity contribution is -0.161. The Morgan fingerprint density at radius 3 is 1.19 bits per heavy atom. The van der Waals surface area contributed by atoms with Crippen LogP contribution in [0.15, 0.2) is 0 Å². The van der Waals surface area contributed by atoms with Crippen molar-refractivity contribution in [2.75, 3.05) is 19.8 Å². The summed E-state index contributed by atoms with van der Waals surface area (Å²) in [6, 6.07) is 0. The van der Waals surface area contributed by atoms with E-state index in [-0.39, 0.29) is 32.2 Å². The first kappa shape index (κ1) is 46.0. The summed E-state index contributed by atoms with van der Waals surface area (Å²) in [7, 11) is -4.26. The highest BCUT2D eigenvalue weighted by atomic mass is 31.2. The van der Waals surface area contributed by atoms with Crippen LogP contribution in [-0.2, 0) is 32.7 Å². The zero-order chi connectivity index (χ0) is 34.7. The maximum absolute atomic E-state index is 12.5. The number of ether oxygens (including phenoxy) is 2. The lowest BCUT2D eigenvalue weighted by Crippen LogP contribution is -2.29. The fraction of sp³-hybridized carbons (Fsp3) is 0.947. The SMILES string of the molecule is CCCCCCCCCCCCCCCCCCC(=O)OC(COC(=O)CCCCCCCCCCCCC)COP(=O)(O)OCC. The fourth-order valence-corrected chi connectivity index (χ4v) is 6.50. The van der Waals surface area contributed by atoms with Gasteiger partial charge in [-0.05, 0) is 19.8 Å². The minimum absolute atomic E-state index is 0.00539. The highest BCUT2D eigenvalue weighted by Gasteiger charge is 2.25. The molecule has 1 N–H and O–H groups in total. The molecule has 0 saturated heterocycles. The Labute approximate surface area is 289 Å². The molecule has 0 rings (SSSR count). The van der Waals surface area contributed by atoms with Gasteiger partial charge in [-0.25, -0.2) is 4.57 Å². The van der Waals surface area contributed by atoms with Gasteiger partial charge in [0.05, 0.1) is 13.2 Å². The van der Waals surface area contributed by atoms with Gasteiger partial charge in [0.1, 0.15) is 6.61 Å². The van der Waals surface area contributed by atoms with Crippen LogP contribution < -0.4 is 0 Å². The number of unbranched alkanes of at least 4 members (excludes halogenated alkanes) is 25. The molecule has 0 heterocycles. The summed E-state index contributed by atoms with van der Waals surface area (Å²) in [5.74, 6) is -0.786. The average molecular weight is 691 g/mol. The van der Waals surface area contributed by atoms with Crippen molar-refractivity contribution in [3.8, 4) is 0 Å². The van der Waals surface area contributed by atoms with Crippen molar-refractivity contribution in [1.29, 1.82) is 0 Å². The molecule has 0 aromatic carbocycles. The van der Waals surface area contributed by atoms with Crippen LogP contribution in [0.4, 0.5) is 0 Å². The summed E-state index contributed by atoms with van der Waals surface area (Å²) in [6.07, 6.45) is 32.9. The standard InChI is InChI=1S/C38H75O8P/c1-4-7-9-11-13-15-17-18-19-20-21-23-25-27-29-31-33-38(40)46-36(35-45-47(41,42)44-6-3)34-43-37(39)32-30-28-26-24-22-16-14-12-10-8-5-2/h36H,4-35H2,1-3H3,(H,41,42). The molecule has 8 nitrogen and oxygen atoms in total. The number of phosphoric ester groups is 1. The minimum Gasteiger partial charge on any atom is -0.462 e. The first-order chi connectivity index (χ1) is 22.8. The number of phosphoric acid groups is 1. The van der Waals surface area contributed by atoms with Crippen LogP contribution in [0.3, 0.4) is 0 Å². The van der Waals surface area contributed by atoms with Gasteiger partial charge < -0.3 is 14.4 Å². The lowest BCUT2D eigenvalue weighted by atomic mass is 10.0. The third kappa shape index (κ3) is 34.7. The zero-order valence-electron chi connectivity index (χ0n) is 31.0. The zero-order valence-corrected chi connectivity index (χ0v) is 31.9. The van der Waals surface area contributed by atoms with E-state index in [0.717, 1.165) is 38.5 Å². The monoisotopic (exact) mass is 691 g/mol. The van der Waals surface area contributed by atoms with Crippen molar-refractivity contribution >= 4 is 19.8 Å². The molecule has 9 heteroatoms. The largest absolute Gasteiger partial charge is 0.472 e. The third-order valence-corrected chi connectivity index (χ3v) is 9.72. The number of carbonyl (C=O) groups excluding carboxylic acids is 2. The van der Waals surface area contributed by atoms with E-state index >= 15 is 0 Å². The molecule has 2 atom stereocenters. The molecule has 0 amide bonds. The maximum Gasteiger partial charge on any atom is 0.472 e. The molecule has 47 heavy (non-hydrogen) atoms. The first-order valence-corrected chi connectivity index (χ1v) is 21.3. The average Bonchev–Trinajstić information content (AvgIpc) is 3.04. The van der Waals surface area contributed by atoms with Crippen molar-refractivity contribution < 1.29 is 37.6 Å². The Bertz CT molecular complexity index is 747. The number of hydrogen-bond acceptors (Lipinski definition) is 7. The van der Waals surface area contributed by atoms with Crippen LogP contribution in [0, 0.1) is 0 Å². The molecule has 0 aliphatic heterocycles. The molecule has 0 radical (unpaired) electrons. The molecule has 0 aromatic rings. The van der Waals surface area contributed by atoms with E-state index in [9.17, 15) is 19.0 Å². The molecular formula is C38H75O8P. The molecule has 0 saturated carbocycles. The predicted molar refractivity (Wildman–Crippen MR) is 193 cm³/mol. The van der Waals surface area contributed by atoms with Crippen LogP contribution in [0.25, 0.3) is 0 Å². The second-order valence-electron chi connectivity index (χ2n) is 13.3. The Kier molecular flexibility index (Phi) is 34.2. The summed E-state index contributed by atoms with van der Waals surface area (Å²) in [4.78, 5) is 34.6. The third-order valence-electron chi connectivity index (χ3n) is 8.66. The van der Waals surface area contributed by atoms with E-state index in [1.165, 1.54) is 135 Å². The number of esters is 2. The van der Waals surface area contributed by atoms with Crippen molar-refractivity contribution in [2.24, 2.45) is 0 Å². The van der Waals surface area contributed by atoms with Crippen molar-refractivity contribution in [1.82, 2.24) is 0 Å². The fourth-order valence-electron chi connectivity index (χ4n) is 5.75. The Balaban J connectivity index is 4.07. The topological polar surface area (TPSA) is 108 Å². The number of rotatable bonds is 37. The number of hydrogen-bond donors (Lipinski definition) is 1. The van der Waals surface area contributed by atoms with Crippen molar-refractivity contribution in [3.63, 3.8) is 0 Å². The van der Waals surface area contributed by atoms with Crippen LogP contribution in [-0.4, -0.2) is 42.8 Å². The molecule has 0 fully saturated rings. The highest BCUT2D eigenvalue weighted by Crippen LogP contribution is 2.43. The molecule has 0 aliphatic rings. The van der Waals surface area contributed by atoms with Crippen LogP contribution >= 0.6 is 7.82 Å². The summed E-state index contributed by atoms with van der Waals surface area (Å²) in [5.41, 5.74) is 0. The molecule has 0 spiro atoms. The first-order valence-electron chi connectivity index (χ1n) is 19.8. The van der Waals surface area contributed by atoms with Gasteiger partial charge in [0, 0.05) is 12.8 Å². The Morgan fingerprint density at radius 2 is 0.830 bits per heavy atom. The van der Waals surface area contributed by atoms with Crippen molar-refractivity contribution in [2.45, 2.75) is 213 Å². The lowest BCUT2D eigenvalue weighted by Gasteiger charge is -2.19. The summed E-state index contributed by atoms with van der Waals surface area (Å²) in [5, 5.41) is 0. The molecule has 0 aromatic heterocycles. The van der Waals surface area contributed by atoms with E-state index < -0.39 is 19.9 Å². The van der Waals surface area contributed by atoms with Crippen LogP contribution in [0.5, 0.6) is 0 Å². The van der Waals surface area contributed by atoms with Gasteiger partial charge in [0.2, 0.25) is 0 Å². The van der Waals surface area contributed by atoms with E-state index in [1.807, 2.05) is 0 Å². The Morgan fingerprint density at radius 1 is 0.489 bits per heavy atom.